The molecule has 1 saturated heterocycles. The summed E-state index contributed by atoms with van der Waals surface area (Å²) in [6.07, 6.45) is 2.58. The van der Waals surface area contributed by atoms with Crippen molar-refractivity contribution in [2.24, 2.45) is 5.92 Å². The zero-order valence-electron chi connectivity index (χ0n) is 6.98. The van der Waals surface area contributed by atoms with Crippen molar-refractivity contribution in [3.8, 4) is 0 Å². The van der Waals surface area contributed by atoms with E-state index >= 15 is 0 Å². The highest BCUT2D eigenvalue weighted by atomic mass is 15.0. The average molecular weight is 142 g/mol. The predicted octanol–water partition coefficient (Wildman–Crippen LogP) is 0.594. The van der Waals surface area contributed by atoms with Crippen molar-refractivity contribution in [3.05, 3.63) is 0 Å². The minimum atomic E-state index is 0.756. The second kappa shape index (κ2) is 3.94. The second-order valence-electron chi connectivity index (χ2n) is 3.06. The van der Waals surface area contributed by atoms with E-state index in [4.69, 9.17) is 0 Å². The number of hydrogen-bond donors (Lipinski definition) is 2. The average Bonchev–Trinajstić information content (AvgIpc) is 2.04. The fourth-order valence-corrected chi connectivity index (χ4v) is 1.73. The third kappa shape index (κ3) is 1.70. The normalized spacial score (nSPS) is 34.2. The summed E-state index contributed by atoms with van der Waals surface area (Å²) >= 11 is 0. The van der Waals surface area contributed by atoms with E-state index in [0.29, 0.717) is 0 Å². The Morgan fingerprint density at radius 3 is 2.90 bits per heavy atom. The number of hydrogen-bond acceptors (Lipinski definition) is 2. The van der Waals surface area contributed by atoms with Gasteiger partial charge in [-0.05, 0) is 32.5 Å². The zero-order chi connectivity index (χ0) is 7.40. The Bertz CT molecular complexity index is 81.3. The number of rotatable bonds is 2. The molecule has 0 aromatic heterocycles. The molecule has 2 atom stereocenters. The van der Waals surface area contributed by atoms with Gasteiger partial charge < -0.3 is 10.6 Å². The van der Waals surface area contributed by atoms with Crippen LogP contribution in [0.1, 0.15) is 19.8 Å². The van der Waals surface area contributed by atoms with Gasteiger partial charge in [-0.15, -0.1) is 0 Å². The van der Waals surface area contributed by atoms with Crippen LogP contribution < -0.4 is 10.6 Å². The Balaban J connectivity index is 2.34. The first kappa shape index (κ1) is 8.02. The lowest BCUT2D eigenvalue weighted by Crippen LogP contribution is -2.45. The van der Waals surface area contributed by atoms with Gasteiger partial charge in [-0.2, -0.15) is 0 Å². The third-order valence-corrected chi connectivity index (χ3v) is 2.50. The molecule has 0 amide bonds. The molecule has 2 unspecified atom stereocenters. The monoisotopic (exact) mass is 142 g/mol. The molecule has 10 heavy (non-hydrogen) atoms. The minimum absolute atomic E-state index is 0.756. The van der Waals surface area contributed by atoms with Gasteiger partial charge >= 0.3 is 0 Å². The van der Waals surface area contributed by atoms with Crippen LogP contribution in [-0.4, -0.2) is 26.2 Å². The van der Waals surface area contributed by atoms with Gasteiger partial charge in [-0.25, -0.2) is 0 Å². The molecule has 1 fully saturated rings. The molecule has 1 aliphatic heterocycles. The molecule has 0 aliphatic carbocycles. The van der Waals surface area contributed by atoms with Gasteiger partial charge in [0, 0.05) is 6.04 Å². The van der Waals surface area contributed by atoms with E-state index in [0.717, 1.165) is 12.0 Å². The van der Waals surface area contributed by atoms with Crippen molar-refractivity contribution in [2.45, 2.75) is 25.8 Å². The second-order valence-corrected chi connectivity index (χ2v) is 3.06. The van der Waals surface area contributed by atoms with Crippen LogP contribution in [0.2, 0.25) is 0 Å². The Kier molecular flexibility index (Phi) is 3.16. The molecule has 0 aromatic carbocycles. The molecule has 2 nitrogen and oxygen atoms in total. The highest BCUT2D eigenvalue weighted by Gasteiger charge is 2.20. The van der Waals surface area contributed by atoms with Gasteiger partial charge in [-0.1, -0.05) is 13.3 Å². The molecule has 1 heterocycles. The van der Waals surface area contributed by atoms with Crippen molar-refractivity contribution in [2.75, 3.05) is 20.1 Å². The van der Waals surface area contributed by atoms with E-state index in [9.17, 15) is 0 Å². The van der Waals surface area contributed by atoms with Gasteiger partial charge in [0.05, 0.1) is 0 Å². The van der Waals surface area contributed by atoms with Crippen molar-refractivity contribution < 1.29 is 0 Å². The van der Waals surface area contributed by atoms with Crippen LogP contribution in [0.4, 0.5) is 0 Å². The van der Waals surface area contributed by atoms with E-state index in [1.54, 1.807) is 0 Å². The first-order valence-electron chi connectivity index (χ1n) is 4.26. The summed E-state index contributed by atoms with van der Waals surface area (Å²) in [4.78, 5) is 0. The Hall–Kier alpha value is -0.0800. The summed E-state index contributed by atoms with van der Waals surface area (Å²) in [5, 5.41) is 6.77. The lowest BCUT2D eigenvalue weighted by molar-refractivity contribution is 0.284. The van der Waals surface area contributed by atoms with Gasteiger partial charge in [0.2, 0.25) is 0 Å². The van der Waals surface area contributed by atoms with E-state index in [1.807, 2.05) is 0 Å². The lowest BCUT2D eigenvalue weighted by Gasteiger charge is -2.31. The van der Waals surface area contributed by atoms with Gasteiger partial charge in [0.25, 0.3) is 0 Å². The molecular weight excluding hydrogens is 124 g/mol. The largest absolute Gasteiger partial charge is 0.317 e. The molecule has 2 heteroatoms. The first-order valence-corrected chi connectivity index (χ1v) is 4.26. The van der Waals surface area contributed by atoms with Crippen LogP contribution in [-0.2, 0) is 0 Å². The predicted molar refractivity (Wildman–Crippen MR) is 44.1 cm³/mol. The smallest absolute Gasteiger partial charge is 0.0116 e. The van der Waals surface area contributed by atoms with Crippen LogP contribution in [0.25, 0.3) is 0 Å². The molecule has 0 bridgehead atoms. The molecule has 0 aromatic rings. The van der Waals surface area contributed by atoms with E-state index in [1.165, 1.54) is 25.9 Å². The molecule has 1 aliphatic rings. The SMILES string of the molecule is CCC1CNCCC1NC. The quantitative estimate of drug-likeness (QED) is 0.590. The maximum Gasteiger partial charge on any atom is 0.0116 e. The molecule has 60 valence electrons. The minimum Gasteiger partial charge on any atom is -0.317 e. The summed E-state index contributed by atoms with van der Waals surface area (Å²) in [6, 6.07) is 0.756. The zero-order valence-corrected chi connectivity index (χ0v) is 6.98. The van der Waals surface area contributed by atoms with E-state index in [2.05, 4.69) is 24.6 Å². The van der Waals surface area contributed by atoms with Crippen molar-refractivity contribution in [3.63, 3.8) is 0 Å². The fourth-order valence-electron chi connectivity index (χ4n) is 1.73. The van der Waals surface area contributed by atoms with Gasteiger partial charge in [0.15, 0.2) is 0 Å². The topological polar surface area (TPSA) is 24.1 Å². The number of piperidine rings is 1. The Morgan fingerprint density at radius 1 is 1.60 bits per heavy atom. The molecule has 0 saturated carbocycles. The van der Waals surface area contributed by atoms with Crippen LogP contribution >= 0.6 is 0 Å². The van der Waals surface area contributed by atoms with Gasteiger partial charge in [-0.3, -0.25) is 0 Å². The van der Waals surface area contributed by atoms with Gasteiger partial charge in [0.1, 0.15) is 0 Å². The highest BCUT2D eigenvalue weighted by Crippen LogP contribution is 2.13. The van der Waals surface area contributed by atoms with Crippen LogP contribution in [0.15, 0.2) is 0 Å². The van der Waals surface area contributed by atoms with Crippen molar-refractivity contribution in [1.82, 2.24) is 10.6 Å². The van der Waals surface area contributed by atoms with Crippen LogP contribution in [0.5, 0.6) is 0 Å². The van der Waals surface area contributed by atoms with E-state index < -0.39 is 0 Å². The summed E-state index contributed by atoms with van der Waals surface area (Å²) < 4.78 is 0. The number of nitrogens with one attached hydrogen (secondary N) is 2. The molecule has 0 spiro atoms. The standard InChI is InChI=1S/C8H18N2/c1-3-7-6-10-5-4-8(7)9-2/h7-10H,3-6H2,1-2H3. The fraction of sp³-hybridized carbons (Fsp3) is 1.00. The summed E-state index contributed by atoms with van der Waals surface area (Å²) in [5.74, 6) is 0.846. The summed E-state index contributed by atoms with van der Waals surface area (Å²) in [5.41, 5.74) is 0. The summed E-state index contributed by atoms with van der Waals surface area (Å²) in [7, 11) is 2.07. The molecule has 2 N–H and O–H groups in total. The van der Waals surface area contributed by atoms with Crippen molar-refractivity contribution >= 4 is 0 Å². The van der Waals surface area contributed by atoms with Crippen molar-refractivity contribution in [1.29, 1.82) is 0 Å². The Labute approximate surface area is 63.4 Å². The molecule has 0 radical (unpaired) electrons. The summed E-state index contributed by atoms with van der Waals surface area (Å²) in [6.45, 7) is 4.64. The maximum atomic E-state index is 3.41. The van der Waals surface area contributed by atoms with E-state index in [-0.39, 0.29) is 0 Å². The van der Waals surface area contributed by atoms with Crippen LogP contribution in [0, 0.1) is 5.92 Å². The third-order valence-electron chi connectivity index (χ3n) is 2.50. The van der Waals surface area contributed by atoms with Crippen LogP contribution in [0.3, 0.4) is 0 Å². The highest BCUT2D eigenvalue weighted by molar-refractivity contribution is 4.80. The maximum absolute atomic E-state index is 3.41. The first-order chi connectivity index (χ1) is 4.88. The Morgan fingerprint density at radius 2 is 2.40 bits per heavy atom. The molecular formula is C8H18N2. The molecule has 1 rings (SSSR count). The lowest BCUT2D eigenvalue weighted by atomic mass is 9.91.